The highest BCUT2D eigenvalue weighted by molar-refractivity contribution is 6.21. The number of nitrogens with one attached hydrogen (secondary N) is 1. The summed E-state index contributed by atoms with van der Waals surface area (Å²) in [5.41, 5.74) is 0.868. The number of rotatable bonds is 2. The maximum Gasteiger partial charge on any atom is 0.258 e. The van der Waals surface area contributed by atoms with Crippen molar-refractivity contribution in [2.45, 2.75) is 6.42 Å². The summed E-state index contributed by atoms with van der Waals surface area (Å²) < 4.78 is 0. The molecular weight excluding hydrogens is 292 g/mol. The Labute approximate surface area is 132 Å². The van der Waals surface area contributed by atoms with Crippen molar-refractivity contribution in [3.8, 4) is 11.4 Å². The third-order valence-corrected chi connectivity index (χ3v) is 5.19. The van der Waals surface area contributed by atoms with E-state index in [4.69, 9.17) is 0 Å². The van der Waals surface area contributed by atoms with Gasteiger partial charge in [0.25, 0.3) is 5.95 Å². The average molecular weight is 306 g/mol. The number of benzene rings is 1. The van der Waals surface area contributed by atoms with Crippen LogP contribution < -0.4 is 4.90 Å². The molecule has 0 unspecified atom stereocenters. The topological polar surface area (TPSA) is 79.0 Å². The molecule has 114 valence electrons. The number of aromatic amines is 1. The van der Waals surface area contributed by atoms with Gasteiger partial charge in [0, 0.05) is 5.56 Å². The molecule has 2 bridgehead atoms. The van der Waals surface area contributed by atoms with Gasteiger partial charge in [0.15, 0.2) is 5.82 Å². The number of nitrogens with zero attached hydrogens (tertiary/aromatic N) is 3. The van der Waals surface area contributed by atoms with Crippen LogP contribution >= 0.6 is 0 Å². The Hall–Kier alpha value is -2.76. The predicted molar refractivity (Wildman–Crippen MR) is 82.0 cm³/mol. The van der Waals surface area contributed by atoms with Crippen molar-refractivity contribution in [1.29, 1.82) is 0 Å². The third kappa shape index (κ3) is 1.63. The zero-order valence-corrected chi connectivity index (χ0v) is 12.2. The quantitative estimate of drug-likeness (QED) is 0.677. The molecule has 1 N–H and O–H groups in total. The molecule has 2 aromatic rings. The maximum absolute atomic E-state index is 12.7. The van der Waals surface area contributed by atoms with Gasteiger partial charge < -0.3 is 0 Å². The fourth-order valence-electron chi connectivity index (χ4n) is 4.18. The summed E-state index contributed by atoms with van der Waals surface area (Å²) in [6, 6.07) is 9.51. The molecule has 2 fully saturated rings. The first-order valence-corrected chi connectivity index (χ1v) is 7.78. The molecule has 23 heavy (non-hydrogen) atoms. The largest absolute Gasteiger partial charge is 0.274 e. The highest BCUT2D eigenvalue weighted by atomic mass is 16.2. The minimum atomic E-state index is -0.226. The number of allylic oxidation sites excluding steroid dienone is 2. The van der Waals surface area contributed by atoms with Gasteiger partial charge in [0.05, 0.1) is 11.8 Å². The van der Waals surface area contributed by atoms with Gasteiger partial charge in [-0.2, -0.15) is 4.98 Å². The monoisotopic (exact) mass is 306 g/mol. The van der Waals surface area contributed by atoms with Crippen LogP contribution in [0.25, 0.3) is 11.4 Å². The van der Waals surface area contributed by atoms with E-state index in [-0.39, 0.29) is 41.4 Å². The second-order valence-corrected chi connectivity index (χ2v) is 6.36. The Bertz CT molecular complexity index is 811. The van der Waals surface area contributed by atoms with Gasteiger partial charge in [-0.15, -0.1) is 5.10 Å². The summed E-state index contributed by atoms with van der Waals surface area (Å²) in [6.07, 6.45) is 5.08. The number of carbonyl (C=O) groups excluding carboxylic acids is 2. The van der Waals surface area contributed by atoms with Crippen LogP contribution in [0.1, 0.15) is 6.42 Å². The molecule has 2 aliphatic carbocycles. The number of carbonyl (C=O) groups is 2. The summed E-state index contributed by atoms with van der Waals surface area (Å²) in [5, 5.41) is 6.92. The zero-order valence-electron chi connectivity index (χ0n) is 12.2. The van der Waals surface area contributed by atoms with Crippen LogP contribution in [0.15, 0.2) is 42.5 Å². The molecule has 6 nitrogen and oxygen atoms in total. The molecule has 5 rings (SSSR count). The fourth-order valence-corrected chi connectivity index (χ4v) is 4.18. The zero-order chi connectivity index (χ0) is 15.6. The van der Waals surface area contributed by atoms with E-state index in [1.54, 1.807) is 0 Å². The fraction of sp³-hybridized carbons (Fsp3) is 0.294. The Kier molecular flexibility index (Phi) is 2.43. The Morgan fingerprint density at radius 3 is 2.30 bits per heavy atom. The van der Waals surface area contributed by atoms with Crippen molar-refractivity contribution in [3.63, 3.8) is 0 Å². The molecule has 3 aliphatic rings. The van der Waals surface area contributed by atoms with Gasteiger partial charge in [-0.3, -0.25) is 14.7 Å². The molecule has 4 atom stereocenters. The van der Waals surface area contributed by atoms with Gasteiger partial charge in [-0.25, -0.2) is 4.90 Å². The summed E-state index contributed by atoms with van der Waals surface area (Å²) in [4.78, 5) is 31.0. The van der Waals surface area contributed by atoms with E-state index in [0.717, 1.165) is 12.0 Å². The first-order valence-electron chi connectivity index (χ1n) is 7.78. The lowest BCUT2D eigenvalue weighted by atomic mass is 9.85. The lowest BCUT2D eigenvalue weighted by Crippen LogP contribution is -2.33. The molecule has 1 saturated carbocycles. The van der Waals surface area contributed by atoms with Crippen LogP contribution in [0.3, 0.4) is 0 Å². The van der Waals surface area contributed by atoms with Crippen molar-refractivity contribution in [2.75, 3.05) is 4.90 Å². The Morgan fingerprint density at radius 2 is 1.65 bits per heavy atom. The molecular formula is C17H14N4O2. The van der Waals surface area contributed by atoms with Crippen molar-refractivity contribution in [1.82, 2.24) is 15.2 Å². The smallest absolute Gasteiger partial charge is 0.258 e. The number of imide groups is 1. The number of H-pyrrole nitrogens is 1. The van der Waals surface area contributed by atoms with E-state index in [1.165, 1.54) is 4.90 Å². The Balaban J connectivity index is 1.51. The van der Waals surface area contributed by atoms with Crippen molar-refractivity contribution in [3.05, 3.63) is 42.5 Å². The van der Waals surface area contributed by atoms with Crippen LogP contribution in [0.2, 0.25) is 0 Å². The number of aromatic nitrogens is 3. The second-order valence-electron chi connectivity index (χ2n) is 6.36. The van der Waals surface area contributed by atoms with Crippen molar-refractivity contribution in [2.24, 2.45) is 23.7 Å². The molecule has 1 saturated heterocycles. The summed E-state index contributed by atoms with van der Waals surface area (Å²) in [6.45, 7) is 0. The molecule has 1 aromatic heterocycles. The summed E-state index contributed by atoms with van der Waals surface area (Å²) >= 11 is 0. The molecule has 1 aliphatic heterocycles. The van der Waals surface area contributed by atoms with Gasteiger partial charge in [0.1, 0.15) is 0 Å². The minimum Gasteiger partial charge on any atom is -0.274 e. The van der Waals surface area contributed by atoms with Crippen molar-refractivity contribution < 1.29 is 9.59 Å². The second kappa shape index (κ2) is 4.38. The Morgan fingerprint density at radius 1 is 1.00 bits per heavy atom. The SMILES string of the molecule is O=C1[C@@H]2[C@H](C(=O)N1c1n[nH]c(-c3ccccc3)n1)[C@H]1C=C[C@@H]2C1. The van der Waals surface area contributed by atoms with Crippen LogP contribution in [0.4, 0.5) is 5.95 Å². The highest BCUT2D eigenvalue weighted by Crippen LogP contribution is 2.52. The highest BCUT2D eigenvalue weighted by Gasteiger charge is 2.60. The number of anilines is 1. The third-order valence-electron chi connectivity index (χ3n) is 5.19. The number of fused-ring (bicyclic) bond motifs is 5. The van der Waals surface area contributed by atoms with E-state index in [2.05, 4.69) is 27.3 Å². The lowest BCUT2D eigenvalue weighted by Gasteiger charge is -2.14. The average Bonchev–Trinajstić information content (AvgIpc) is 3.33. The summed E-state index contributed by atoms with van der Waals surface area (Å²) in [7, 11) is 0. The standard InChI is InChI=1S/C17H14N4O2/c22-15-12-10-6-7-11(8-10)13(12)16(23)21(15)17-18-14(19-20-17)9-4-2-1-3-5-9/h1-7,10-13H,8H2,(H,18,19,20)/t10-,11+,12+,13-. The van der Waals surface area contributed by atoms with Crippen LogP contribution in [-0.2, 0) is 9.59 Å². The van der Waals surface area contributed by atoms with Crippen LogP contribution in [-0.4, -0.2) is 27.0 Å². The molecule has 6 heteroatoms. The number of amides is 2. The minimum absolute atomic E-state index is 0.157. The van der Waals surface area contributed by atoms with E-state index in [1.807, 2.05) is 30.3 Å². The van der Waals surface area contributed by atoms with Crippen molar-refractivity contribution >= 4 is 17.8 Å². The van der Waals surface area contributed by atoms with Gasteiger partial charge in [-0.1, -0.05) is 42.5 Å². The first-order chi connectivity index (χ1) is 11.2. The molecule has 0 radical (unpaired) electrons. The van der Waals surface area contributed by atoms with Gasteiger partial charge >= 0.3 is 0 Å². The van der Waals surface area contributed by atoms with Crippen LogP contribution in [0, 0.1) is 23.7 Å². The van der Waals surface area contributed by atoms with Crippen LogP contribution in [0.5, 0.6) is 0 Å². The molecule has 1 aromatic carbocycles. The van der Waals surface area contributed by atoms with Gasteiger partial charge in [0.2, 0.25) is 11.8 Å². The summed E-state index contributed by atoms with van der Waals surface area (Å²) in [5.74, 6) is 0.336. The molecule has 2 heterocycles. The van der Waals surface area contributed by atoms with E-state index in [0.29, 0.717) is 5.82 Å². The normalized spacial score (nSPS) is 31.2. The van der Waals surface area contributed by atoms with E-state index < -0.39 is 0 Å². The van der Waals surface area contributed by atoms with Gasteiger partial charge in [-0.05, 0) is 18.3 Å². The van der Waals surface area contributed by atoms with E-state index in [9.17, 15) is 9.59 Å². The molecule has 0 spiro atoms. The number of hydrogen-bond acceptors (Lipinski definition) is 4. The predicted octanol–water partition coefficient (Wildman–Crippen LogP) is 1.78. The van der Waals surface area contributed by atoms with E-state index >= 15 is 0 Å². The molecule has 2 amide bonds. The maximum atomic E-state index is 12.7. The number of hydrogen-bond donors (Lipinski definition) is 1. The first kappa shape index (κ1) is 12.8. The lowest BCUT2D eigenvalue weighted by molar-refractivity contribution is -0.123.